The highest BCUT2D eigenvalue weighted by molar-refractivity contribution is 9.10. The number of phenols is 1. The summed E-state index contributed by atoms with van der Waals surface area (Å²) in [5.74, 6) is 0.530. The molecule has 0 aliphatic carbocycles. The summed E-state index contributed by atoms with van der Waals surface area (Å²) >= 11 is 3.33. The van der Waals surface area contributed by atoms with Crippen molar-refractivity contribution in [3.05, 3.63) is 57.6 Å². The number of hydrogen-bond donors (Lipinski definition) is 2. The molecule has 2 N–H and O–H groups in total. The van der Waals surface area contributed by atoms with Gasteiger partial charge in [0.1, 0.15) is 11.5 Å². The number of hydrogen-bond acceptors (Lipinski definition) is 4. The molecule has 2 aromatic rings. The molecule has 0 fully saturated rings. The molecule has 23 heavy (non-hydrogen) atoms. The number of halogens is 1. The molecule has 0 radical (unpaired) electrons. The van der Waals surface area contributed by atoms with E-state index in [2.05, 4.69) is 26.5 Å². The molecule has 0 heterocycles. The van der Waals surface area contributed by atoms with Gasteiger partial charge in [-0.3, -0.25) is 4.79 Å². The molecule has 120 valence electrons. The number of rotatable bonds is 5. The largest absolute Gasteiger partial charge is 0.507 e. The summed E-state index contributed by atoms with van der Waals surface area (Å²) in [6.07, 6.45) is 1.52. The number of nitrogens with one attached hydrogen (secondary N) is 1. The molecule has 0 atom stereocenters. The molecule has 0 unspecified atom stereocenters. The normalized spacial score (nSPS) is 10.7. The highest BCUT2D eigenvalue weighted by Crippen LogP contribution is 2.22. The molecule has 0 spiro atoms. The van der Waals surface area contributed by atoms with E-state index in [1.54, 1.807) is 24.3 Å². The maximum atomic E-state index is 11.7. The summed E-state index contributed by atoms with van der Waals surface area (Å²) in [4.78, 5) is 11.7. The Kier molecular flexibility index (Phi) is 5.76. The van der Waals surface area contributed by atoms with Crippen LogP contribution < -0.4 is 10.2 Å². The Balaban J connectivity index is 1.85. The van der Waals surface area contributed by atoms with Crippen LogP contribution in [0.2, 0.25) is 0 Å². The summed E-state index contributed by atoms with van der Waals surface area (Å²) in [6.45, 7) is 3.50. The minimum Gasteiger partial charge on any atom is -0.507 e. The molecule has 0 aliphatic rings. The van der Waals surface area contributed by atoms with Crippen LogP contribution in [-0.2, 0) is 4.79 Å². The highest BCUT2D eigenvalue weighted by Gasteiger charge is 2.03. The summed E-state index contributed by atoms with van der Waals surface area (Å²) in [6, 6.07) is 10.8. The second kappa shape index (κ2) is 7.78. The van der Waals surface area contributed by atoms with Gasteiger partial charge in [-0.25, -0.2) is 5.43 Å². The molecule has 0 aliphatic heterocycles. The van der Waals surface area contributed by atoms with Gasteiger partial charge < -0.3 is 9.84 Å². The molecule has 0 aromatic heterocycles. The van der Waals surface area contributed by atoms with Gasteiger partial charge in [-0.1, -0.05) is 15.9 Å². The zero-order chi connectivity index (χ0) is 16.8. The maximum absolute atomic E-state index is 11.7. The number of carbonyl (C=O) groups excluding carboxylic acids is 1. The Morgan fingerprint density at radius 2 is 1.87 bits per heavy atom. The average molecular weight is 377 g/mol. The number of nitrogens with zero attached hydrogens (tertiary/aromatic N) is 1. The van der Waals surface area contributed by atoms with Gasteiger partial charge in [-0.05, 0) is 66.9 Å². The van der Waals surface area contributed by atoms with Gasteiger partial charge in [0.15, 0.2) is 6.61 Å². The lowest BCUT2D eigenvalue weighted by molar-refractivity contribution is -0.123. The Labute approximate surface area is 143 Å². The fourth-order valence-corrected chi connectivity index (χ4v) is 2.22. The van der Waals surface area contributed by atoms with Crippen molar-refractivity contribution in [1.29, 1.82) is 0 Å². The second-order valence-corrected chi connectivity index (χ2v) is 5.95. The van der Waals surface area contributed by atoms with Crippen molar-refractivity contribution in [3.8, 4) is 11.5 Å². The number of aromatic hydroxyl groups is 1. The standard InChI is InChI=1S/C17H17BrN2O3/c1-11-7-13(8-12(2)17(11)22)9-19-20-16(21)10-23-15-5-3-14(18)4-6-15/h3-9,22H,10H2,1-2H3,(H,20,21)/b19-9-. The van der Waals surface area contributed by atoms with E-state index in [4.69, 9.17) is 4.74 Å². The molecule has 0 bridgehead atoms. The first-order valence-corrected chi connectivity index (χ1v) is 7.75. The summed E-state index contributed by atoms with van der Waals surface area (Å²) in [5, 5.41) is 13.6. The fourth-order valence-electron chi connectivity index (χ4n) is 1.95. The van der Waals surface area contributed by atoms with E-state index < -0.39 is 0 Å². The number of carbonyl (C=O) groups is 1. The average Bonchev–Trinajstić information content (AvgIpc) is 2.52. The van der Waals surface area contributed by atoms with Crippen LogP contribution in [0.25, 0.3) is 0 Å². The van der Waals surface area contributed by atoms with E-state index in [0.717, 1.165) is 21.2 Å². The fraction of sp³-hybridized carbons (Fsp3) is 0.176. The van der Waals surface area contributed by atoms with Gasteiger partial charge in [-0.2, -0.15) is 5.10 Å². The lowest BCUT2D eigenvalue weighted by atomic mass is 10.1. The third kappa shape index (κ3) is 5.10. The van der Waals surface area contributed by atoms with Crippen molar-refractivity contribution >= 4 is 28.1 Å². The van der Waals surface area contributed by atoms with Crippen molar-refractivity contribution < 1.29 is 14.6 Å². The van der Waals surface area contributed by atoms with E-state index in [0.29, 0.717) is 5.75 Å². The molecule has 2 rings (SSSR count). The van der Waals surface area contributed by atoms with Crippen LogP contribution in [-0.4, -0.2) is 23.8 Å². The number of amides is 1. The van der Waals surface area contributed by atoms with Crippen LogP contribution in [0.15, 0.2) is 46.0 Å². The molecule has 6 heteroatoms. The first-order chi connectivity index (χ1) is 11.0. The lowest BCUT2D eigenvalue weighted by Crippen LogP contribution is -2.24. The molecule has 0 saturated carbocycles. The van der Waals surface area contributed by atoms with Crippen LogP contribution in [0.3, 0.4) is 0 Å². The van der Waals surface area contributed by atoms with Gasteiger partial charge in [0.25, 0.3) is 5.91 Å². The van der Waals surface area contributed by atoms with Crippen LogP contribution in [0.5, 0.6) is 11.5 Å². The number of benzene rings is 2. The Morgan fingerprint density at radius 3 is 2.48 bits per heavy atom. The molecule has 1 amide bonds. The van der Waals surface area contributed by atoms with Crippen molar-refractivity contribution in [2.45, 2.75) is 13.8 Å². The van der Waals surface area contributed by atoms with Gasteiger partial charge in [-0.15, -0.1) is 0 Å². The van der Waals surface area contributed by atoms with E-state index >= 15 is 0 Å². The smallest absolute Gasteiger partial charge is 0.277 e. The molecule has 0 saturated heterocycles. The van der Waals surface area contributed by atoms with Crippen LogP contribution in [0.4, 0.5) is 0 Å². The minimum atomic E-state index is -0.351. The highest BCUT2D eigenvalue weighted by atomic mass is 79.9. The first kappa shape index (κ1) is 17.0. The predicted octanol–water partition coefficient (Wildman–Crippen LogP) is 3.30. The summed E-state index contributed by atoms with van der Waals surface area (Å²) in [5.41, 5.74) is 4.72. The Bertz CT molecular complexity index is 704. The van der Waals surface area contributed by atoms with E-state index in [1.165, 1.54) is 6.21 Å². The minimum absolute atomic E-state index is 0.118. The lowest BCUT2D eigenvalue weighted by Gasteiger charge is -2.05. The number of phenolic OH excluding ortho intramolecular Hbond substituents is 1. The number of hydrazone groups is 1. The third-order valence-corrected chi connectivity index (χ3v) is 3.63. The topological polar surface area (TPSA) is 70.9 Å². The van der Waals surface area contributed by atoms with Gasteiger partial charge >= 0.3 is 0 Å². The Hall–Kier alpha value is -2.34. The van der Waals surface area contributed by atoms with E-state index in [9.17, 15) is 9.90 Å². The predicted molar refractivity (Wildman–Crippen MR) is 93.0 cm³/mol. The molecular formula is C17H17BrN2O3. The van der Waals surface area contributed by atoms with Crippen molar-refractivity contribution in [3.63, 3.8) is 0 Å². The number of aryl methyl sites for hydroxylation is 2. The third-order valence-electron chi connectivity index (χ3n) is 3.10. The van der Waals surface area contributed by atoms with Crippen molar-refractivity contribution in [1.82, 2.24) is 5.43 Å². The molecular weight excluding hydrogens is 360 g/mol. The van der Waals surface area contributed by atoms with Crippen LogP contribution >= 0.6 is 15.9 Å². The molecule has 5 nitrogen and oxygen atoms in total. The van der Waals surface area contributed by atoms with Gasteiger partial charge in [0.05, 0.1) is 6.21 Å². The van der Waals surface area contributed by atoms with Gasteiger partial charge in [0, 0.05) is 4.47 Å². The van der Waals surface area contributed by atoms with Crippen LogP contribution in [0, 0.1) is 13.8 Å². The molecule has 2 aromatic carbocycles. The maximum Gasteiger partial charge on any atom is 0.277 e. The quantitative estimate of drug-likeness (QED) is 0.621. The number of ether oxygens (including phenoxy) is 1. The first-order valence-electron chi connectivity index (χ1n) is 6.96. The van der Waals surface area contributed by atoms with Crippen molar-refractivity contribution in [2.75, 3.05) is 6.61 Å². The Morgan fingerprint density at radius 1 is 1.26 bits per heavy atom. The van der Waals surface area contributed by atoms with E-state index in [1.807, 2.05) is 26.0 Å². The zero-order valence-corrected chi connectivity index (χ0v) is 14.4. The van der Waals surface area contributed by atoms with Crippen molar-refractivity contribution in [2.24, 2.45) is 5.10 Å². The summed E-state index contributed by atoms with van der Waals surface area (Å²) < 4.78 is 6.28. The SMILES string of the molecule is Cc1cc(/C=N\NC(=O)COc2ccc(Br)cc2)cc(C)c1O. The monoisotopic (exact) mass is 376 g/mol. The summed E-state index contributed by atoms with van der Waals surface area (Å²) in [7, 11) is 0. The van der Waals surface area contributed by atoms with Crippen LogP contribution in [0.1, 0.15) is 16.7 Å². The van der Waals surface area contributed by atoms with E-state index in [-0.39, 0.29) is 18.3 Å². The second-order valence-electron chi connectivity index (χ2n) is 5.04. The van der Waals surface area contributed by atoms with Gasteiger partial charge in [0.2, 0.25) is 0 Å². The zero-order valence-electron chi connectivity index (χ0n) is 12.8.